The van der Waals surface area contributed by atoms with Crippen molar-refractivity contribution < 1.29 is 26.7 Å². The molecule has 0 aliphatic carbocycles. The molecule has 31 heavy (non-hydrogen) atoms. The number of esters is 2. The van der Waals surface area contributed by atoms with Gasteiger partial charge in [0.25, 0.3) is 0 Å². The lowest BCUT2D eigenvalue weighted by molar-refractivity contribution is -0.165. The fourth-order valence-corrected chi connectivity index (χ4v) is 2.89. The molecule has 0 fully saturated rings. The normalized spacial score (nSPS) is 16.4. The number of hydrogen-bond donors (Lipinski definition) is 4. The maximum Gasteiger partial charge on any atom is 0.336 e. The molecule has 0 spiro atoms. The number of nitrogens with one attached hydrogen (secondary N) is 2. The number of nitrogens with two attached hydrogens (primary N) is 2. The minimum Gasteiger partial charge on any atom is -0.390 e. The minimum absolute atomic E-state index is 0.151. The molecule has 2 amide bonds. The molecule has 0 aromatic rings. The first-order chi connectivity index (χ1) is 15.2. The summed E-state index contributed by atoms with van der Waals surface area (Å²) in [4.78, 5) is 50.5. The van der Waals surface area contributed by atoms with Crippen LogP contribution in [0.15, 0.2) is 0 Å². The van der Waals surface area contributed by atoms with Gasteiger partial charge in [-0.15, -0.1) is 0 Å². The van der Waals surface area contributed by atoms with E-state index in [1.807, 2.05) is 27.7 Å². The zero-order chi connectivity index (χ0) is 25.9. The largest absolute Gasteiger partial charge is 0.390 e. The molecule has 0 saturated carbocycles. The van der Waals surface area contributed by atoms with Crippen LogP contribution in [0.4, 0.5) is 0 Å². The molecule has 6 N–H and O–H groups in total. The summed E-state index contributed by atoms with van der Waals surface area (Å²) in [5.41, 5.74) is 4.38. The van der Waals surface area contributed by atoms with Gasteiger partial charge < -0.3 is 26.8 Å². The van der Waals surface area contributed by atoms with E-state index in [4.69, 9.17) is 7.56 Å². The molecule has 0 saturated heterocycles. The lowest BCUT2D eigenvalue weighted by Gasteiger charge is -2.25. The molecule has 0 radical (unpaired) electrons. The van der Waals surface area contributed by atoms with E-state index >= 15 is 0 Å². The number of ether oxygens (including phenoxy) is 1. The lowest BCUT2D eigenvalue weighted by Crippen LogP contribution is -2.54. The molecular weight excluding hydrogens is 400 g/mol. The van der Waals surface area contributed by atoms with Gasteiger partial charge in [-0.2, -0.15) is 0 Å². The number of carbonyl (C=O) groups excluding carboxylic acids is 4. The highest BCUT2D eigenvalue weighted by Gasteiger charge is 2.34. The van der Waals surface area contributed by atoms with Crippen molar-refractivity contribution >= 4 is 23.8 Å². The summed E-state index contributed by atoms with van der Waals surface area (Å²) >= 11 is 0. The van der Waals surface area contributed by atoms with E-state index in [9.17, 15) is 19.2 Å². The predicted molar refractivity (Wildman–Crippen MR) is 119 cm³/mol. The van der Waals surface area contributed by atoms with Crippen molar-refractivity contribution in [2.75, 3.05) is 0 Å². The smallest absolute Gasteiger partial charge is 0.336 e. The van der Waals surface area contributed by atoms with Crippen molar-refractivity contribution in [1.29, 1.82) is 0 Å². The van der Waals surface area contributed by atoms with E-state index < -0.39 is 47.9 Å². The Kier molecular flexibility index (Phi) is 10.9. The lowest BCUT2D eigenvalue weighted by atomic mass is 10.0. The van der Waals surface area contributed by atoms with Crippen molar-refractivity contribution in [3.63, 3.8) is 0 Å². The predicted octanol–water partition coefficient (Wildman–Crippen LogP) is 1.08. The van der Waals surface area contributed by atoms with E-state index in [1.54, 1.807) is 27.7 Å². The Morgan fingerprint density at radius 2 is 1.03 bits per heavy atom. The number of carbonyl (C=O) groups is 4. The Morgan fingerprint density at radius 3 is 1.26 bits per heavy atom. The average Bonchev–Trinajstić information content (AvgIpc) is 2.70. The van der Waals surface area contributed by atoms with Crippen LogP contribution in [0.5, 0.6) is 0 Å². The van der Waals surface area contributed by atoms with Crippen molar-refractivity contribution in [1.82, 2.24) is 10.6 Å². The summed E-state index contributed by atoms with van der Waals surface area (Å²) in [6.45, 7) is 14.4. The molecule has 0 aliphatic rings. The molecule has 0 bridgehead atoms. The standard InChI is InChI=1S/C22H42N4O5/c1-11(2)9-15(23)19(27)25-17(13(5)6)21(29)31-22(30)18(14(7)8)26-20(28)16(24)10-12(3)4/h11-18H,9-10,23-24H2,1-8H3,(H,25,27)(H,26,28)/t15-,16-,17-,18-/m0/s1/i/hD2. The van der Waals surface area contributed by atoms with Crippen molar-refractivity contribution in [3.8, 4) is 0 Å². The first kappa shape index (κ1) is 25.3. The Morgan fingerprint density at radius 1 is 0.710 bits per heavy atom. The second-order valence-corrected chi connectivity index (χ2v) is 9.56. The molecule has 9 heteroatoms. The highest BCUT2D eigenvalue weighted by atomic mass is 16.6. The number of hydrogen-bond acceptors (Lipinski definition) is 7. The summed E-state index contributed by atoms with van der Waals surface area (Å²) in [7, 11) is 0. The van der Waals surface area contributed by atoms with E-state index in [0.717, 1.165) is 0 Å². The van der Waals surface area contributed by atoms with E-state index in [1.165, 1.54) is 0 Å². The molecule has 0 aliphatic heterocycles. The Bertz CT molecular complexity index is 605. The molecule has 0 aromatic heterocycles. The van der Waals surface area contributed by atoms with Crippen LogP contribution in [0.3, 0.4) is 0 Å². The highest BCUT2D eigenvalue weighted by Crippen LogP contribution is 2.11. The van der Waals surface area contributed by atoms with Crippen LogP contribution in [0.1, 0.15) is 68.2 Å². The fourth-order valence-electron chi connectivity index (χ4n) is 2.89. The maximum absolute atomic E-state index is 12.7. The Labute approximate surface area is 189 Å². The summed E-state index contributed by atoms with van der Waals surface area (Å²) in [5, 5.41) is 5.13. The molecule has 0 unspecified atom stereocenters. The Balaban J connectivity index is 5.34. The summed E-state index contributed by atoms with van der Waals surface area (Å²) in [5.74, 6) is -3.40. The van der Waals surface area contributed by atoms with Gasteiger partial charge in [0.2, 0.25) is 11.8 Å². The van der Waals surface area contributed by atoms with Gasteiger partial charge >= 0.3 is 11.9 Å². The van der Waals surface area contributed by atoms with Crippen LogP contribution in [0.2, 0.25) is 2.82 Å². The second kappa shape index (κ2) is 13.4. The van der Waals surface area contributed by atoms with E-state index in [0.29, 0.717) is 12.8 Å². The zero-order valence-electron chi connectivity index (χ0n) is 22.1. The van der Waals surface area contributed by atoms with Crippen LogP contribution >= 0.6 is 0 Å². The maximum atomic E-state index is 12.7. The zero-order valence-corrected chi connectivity index (χ0v) is 20.1. The van der Waals surface area contributed by atoms with Crippen molar-refractivity contribution in [2.24, 2.45) is 35.1 Å². The van der Waals surface area contributed by atoms with Crippen molar-refractivity contribution in [2.45, 2.75) is 92.4 Å². The van der Waals surface area contributed by atoms with Gasteiger partial charge in [-0.25, -0.2) is 9.59 Å². The second-order valence-electron chi connectivity index (χ2n) is 9.56. The SMILES string of the molecule is [2H]N[C@@H](CC(C)C)C(=O)N[C@H](C(=O)OC(=O)[C@@H](NC(=O)[C@H](CC(C)C)N[2H])C(C)C)C(C)C. The molecule has 4 atom stereocenters. The van der Waals surface area contributed by atoms with Crippen molar-refractivity contribution in [3.05, 3.63) is 0 Å². The fraction of sp³-hybridized carbons (Fsp3) is 0.818. The van der Waals surface area contributed by atoms with Crippen LogP contribution < -0.4 is 22.1 Å². The summed E-state index contributed by atoms with van der Waals surface area (Å²) in [6.07, 6.45) is 0.800. The first-order valence-corrected chi connectivity index (χ1v) is 11.0. The van der Waals surface area contributed by atoms with Gasteiger partial charge in [0.15, 0.2) is 0 Å². The molecule has 180 valence electrons. The quantitative estimate of drug-likeness (QED) is 0.231. The molecule has 0 rings (SSSR count). The van der Waals surface area contributed by atoms with Gasteiger partial charge in [-0.05, 0) is 36.5 Å². The monoisotopic (exact) mass is 444 g/mol. The van der Waals surface area contributed by atoms with Crippen LogP contribution in [0, 0.1) is 23.7 Å². The number of rotatable bonds is 14. The van der Waals surface area contributed by atoms with Gasteiger partial charge in [0.1, 0.15) is 14.9 Å². The third-order valence-electron chi connectivity index (χ3n) is 4.69. The summed E-state index contributed by atoms with van der Waals surface area (Å²) < 4.78 is 19.8. The van der Waals surface area contributed by atoms with Crippen LogP contribution in [0.25, 0.3) is 0 Å². The average molecular weight is 445 g/mol. The minimum atomic E-state index is -1.10. The molecule has 9 nitrogen and oxygen atoms in total. The topological polar surface area (TPSA) is 154 Å². The highest BCUT2D eigenvalue weighted by molar-refractivity contribution is 5.95. The van der Waals surface area contributed by atoms with Gasteiger partial charge in [-0.1, -0.05) is 55.4 Å². The van der Waals surface area contributed by atoms with Crippen LogP contribution in [-0.4, -0.2) is 47.9 Å². The van der Waals surface area contributed by atoms with E-state index in [-0.39, 0.29) is 23.7 Å². The molecule has 0 heterocycles. The molecular formula is C22H42N4O5. The summed E-state index contributed by atoms with van der Waals surface area (Å²) in [6, 6.07) is -3.83. The third kappa shape index (κ3) is 10.7. The van der Waals surface area contributed by atoms with E-state index in [2.05, 4.69) is 22.1 Å². The first-order valence-electron chi connectivity index (χ1n) is 12.0. The molecule has 0 aromatic carbocycles. The van der Waals surface area contributed by atoms with Crippen LogP contribution in [-0.2, 0) is 23.9 Å². The third-order valence-corrected chi connectivity index (χ3v) is 4.69. The van der Waals surface area contributed by atoms with Gasteiger partial charge in [-0.3, -0.25) is 9.59 Å². The Hall–Kier alpha value is -2.00. The van der Waals surface area contributed by atoms with Gasteiger partial charge in [0, 0.05) is 0 Å². The number of amides is 2. The van der Waals surface area contributed by atoms with Gasteiger partial charge in [0.05, 0.1) is 12.1 Å².